The molecular weight excluding hydrogens is 1120 g/mol. The molecule has 0 aromatic rings. The Morgan fingerprint density at radius 1 is 0.416 bits per heavy atom. The van der Waals surface area contributed by atoms with Crippen molar-refractivity contribution < 1.29 is 64.6 Å². The zero-order valence-corrected chi connectivity index (χ0v) is 55.9. The molecule has 2 aliphatic heterocycles. The normalized spacial score (nSPS) is 23.6. The first-order valence-electron chi connectivity index (χ1n) is 36.0. The van der Waals surface area contributed by atoms with E-state index in [0.29, 0.717) is 6.42 Å². The van der Waals surface area contributed by atoms with Crippen molar-refractivity contribution in [3.8, 4) is 0 Å². The molecule has 2 heterocycles. The quantitative estimate of drug-likeness (QED) is 0.0204. The van der Waals surface area contributed by atoms with Gasteiger partial charge in [-0.1, -0.05) is 291 Å². The number of unbranched alkanes of at least 4 members (excludes halogenated alkanes) is 31. The highest BCUT2D eigenvalue weighted by Crippen LogP contribution is 2.30. The van der Waals surface area contributed by atoms with Crippen molar-refractivity contribution >= 4 is 5.91 Å². The molecule has 12 atom stereocenters. The third kappa shape index (κ3) is 42.7. The van der Waals surface area contributed by atoms with Crippen LogP contribution in [0.2, 0.25) is 0 Å². The minimum absolute atomic E-state index is 0.241. The highest BCUT2D eigenvalue weighted by Gasteiger charge is 2.51. The summed E-state index contributed by atoms with van der Waals surface area (Å²) in [6, 6.07) is -0.921. The van der Waals surface area contributed by atoms with Crippen LogP contribution < -0.4 is 5.32 Å². The van der Waals surface area contributed by atoms with Crippen molar-refractivity contribution in [2.75, 3.05) is 19.8 Å². The second-order valence-corrected chi connectivity index (χ2v) is 25.0. The van der Waals surface area contributed by atoms with E-state index in [0.717, 1.165) is 89.9 Å². The van der Waals surface area contributed by atoms with Crippen molar-refractivity contribution in [1.29, 1.82) is 0 Å². The van der Waals surface area contributed by atoms with Crippen LogP contribution in [0.15, 0.2) is 97.2 Å². The van der Waals surface area contributed by atoms with E-state index >= 15 is 0 Å². The van der Waals surface area contributed by atoms with Gasteiger partial charge in [0.15, 0.2) is 12.6 Å². The van der Waals surface area contributed by atoms with Gasteiger partial charge < -0.3 is 65.1 Å². The molecule has 2 fully saturated rings. The zero-order chi connectivity index (χ0) is 64.5. The molecule has 9 N–H and O–H groups in total. The van der Waals surface area contributed by atoms with Gasteiger partial charge in [-0.3, -0.25) is 4.79 Å². The summed E-state index contributed by atoms with van der Waals surface area (Å²) in [5, 5.41) is 87.5. The van der Waals surface area contributed by atoms with Crippen LogP contribution in [-0.4, -0.2) is 140 Å². The monoisotopic (exact) mass is 1250 g/mol. The molecule has 2 saturated heterocycles. The van der Waals surface area contributed by atoms with Gasteiger partial charge in [0.05, 0.1) is 32.0 Å². The van der Waals surface area contributed by atoms with E-state index in [1.807, 2.05) is 6.08 Å². The fourth-order valence-corrected chi connectivity index (χ4v) is 11.3. The third-order valence-corrected chi connectivity index (χ3v) is 17.0. The average molecular weight is 1250 g/mol. The smallest absolute Gasteiger partial charge is 0.220 e. The topological polar surface area (TPSA) is 228 Å². The lowest BCUT2D eigenvalue weighted by atomic mass is 9.97. The van der Waals surface area contributed by atoms with Crippen molar-refractivity contribution in [3.63, 3.8) is 0 Å². The summed E-state index contributed by atoms with van der Waals surface area (Å²) in [4.78, 5) is 13.3. The predicted octanol–water partition coefficient (Wildman–Crippen LogP) is 15.0. The summed E-state index contributed by atoms with van der Waals surface area (Å²) in [6.45, 7) is 2.71. The zero-order valence-electron chi connectivity index (χ0n) is 55.9. The molecular formula is C75H131NO13. The van der Waals surface area contributed by atoms with Crippen LogP contribution >= 0.6 is 0 Å². The Kier molecular flexibility index (Phi) is 54.1. The van der Waals surface area contributed by atoms with Gasteiger partial charge in [0.25, 0.3) is 0 Å². The number of allylic oxidation sites excluding steroid dienone is 15. The van der Waals surface area contributed by atoms with Gasteiger partial charge in [0.1, 0.15) is 48.8 Å². The predicted molar refractivity (Wildman–Crippen MR) is 364 cm³/mol. The summed E-state index contributed by atoms with van der Waals surface area (Å²) >= 11 is 0. The molecule has 1 amide bonds. The van der Waals surface area contributed by atoms with Crippen LogP contribution in [0.5, 0.6) is 0 Å². The van der Waals surface area contributed by atoms with Gasteiger partial charge in [0, 0.05) is 6.42 Å². The summed E-state index contributed by atoms with van der Waals surface area (Å²) in [6.07, 6.45) is 66.0. The van der Waals surface area contributed by atoms with E-state index in [2.05, 4.69) is 104 Å². The van der Waals surface area contributed by atoms with Crippen molar-refractivity contribution in [3.05, 3.63) is 97.2 Å². The molecule has 14 heteroatoms. The molecule has 514 valence electrons. The molecule has 0 spiro atoms. The molecule has 2 rings (SSSR count). The Balaban J connectivity index is 1.65. The minimum Gasteiger partial charge on any atom is -0.394 e. The Morgan fingerprint density at radius 3 is 1.19 bits per heavy atom. The van der Waals surface area contributed by atoms with E-state index in [4.69, 9.17) is 18.9 Å². The maximum absolute atomic E-state index is 13.3. The van der Waals surface area contributed by atoms with Crippen molar-refractivity contribution in [1.82, 2.24) is 5.32 Å². The largest absolute Gasteiger partial charge is 0.394 e. The highest BCUT2D eigenvalue weighted by atomic mass is 16.7. The van der Waals surface area contributed by atoms with Crippen molar-refractivity contribution in [2.24, 2.45) is 0 Å². The van der Waals surface area contributed by atoms with E-state index < -0.39 is 86.8 Å². The standard InChI is InChI=1S/C75H131NO13/c1-3-5-7-9-11-13-15-17-19-21-23-25-26-27-28-29-30-31-32-33-34-35-36-37-38-39-41-43-45-47-49-51-53-55-57-59-67(80)76-63(64(79)58-56-54-52-50-48-46-44-42-40-24-22-20-18-16-14-12-10-8-6-4-2)62-86-74-72(85)70(83)73(66(61-78)88-74)89-75-71(84)69(82)68(81)65(60-77)87-75/h5,7,11,13,17,19,23,25,27-28,30-31,33-34,56,58,63-66,68-75,77-79,81-85H,3-4,6,8-10,12,14-16,18,20-22,24,26,29,32,35-55,57,59-62H2,1-2H3,(H,76,80)/b7-5-,13-11-,19-17-,25-23-,28-27-,31-30-,34-33-,58-56+. The van der Waals surface area contributed by atoms with E-state index in [9.17, 15) is 45.6 Å². The Morgan fingerprint density at radius 2 is 0.775 bits per heavy atom. The number of amides is 1. The molecule has 12 unspecified atom stereocenters. The number of hydrogen-bond acceptors (Lipinski definition) is 13. The summed E-state index contributed by atoms with van der Waals surface area (Å²) < 4.78 is 22.9. The second-order valence-electron chi connectivity index (χ2n) is 25.0. The van der Waals surface area contributed by atoms with Crippen molar-refractivity contribution in [2.45, 2.75) is 351 Å². The van der Waals surface area contributed by atoms with Crippen LogP contribution in [-0.2, 0) is 23.7 Å². The summed E-state index contributed by atoms with van der Waals surface area (Å²) in [5.74, 6) is -0.241. The molecule has 14 nitrogen and oxygen atoms in total. The van der Waals surface area contributed by atoms with Gasteiger partial charge >= 0.3 is 0 Å². The van der Waals surface area contributed by atoms with Crippen LogP contribution in [0.1, 0.15) is 277 Å². The molecule has 0 saturated carbocycles. The van der Waals surface area contributed by atoms with Gasteiger partial charge in [-0.25, -0.2) is 0 Å². The highest BCUT2D eigenvalue weighted by molar-refractivity contribution is 5.76. The SMILES string of the molecule is CC/C=C\C/C=C\C/C=C\C/C=C\C/C=C\C/C=C\C/C=C\CCCCCCCCCCCCCCCC(=O)NC(COC1OC(CO)C(OC2OC(CO)C(O)C(O)C2O)C(O)C1O)C(O)/C=C/CCCCCCCCCCCCCCCCCCCC. The number of aliphatic hydroxyl groups excluding tert-OH is 8. The lowest BCUT2D eigenvalue weighted by Crippen LogP contribution is -2.65. The van der Waals surface area contributed by atoms with Crippen LogP contribution in [0.3, 0.4) is 0 Å². The van der Waals surface area contributed by atoms with E-state index in [-0.39, 0.29) is 18.9 Å². The molecule has 0 aliphatic carbocycles. The number of nitrogens with one attached hydrogen (secondary N) is 1. The lowest BCUT2D eigenvalue weighted by molar-refractivity contribution is -0.359. The minimum atomic E-state index is -1.79. The first kappa shape index (κ1) is 82.0. The van der Waals surface area contributed by atoms with Gasteiger partial charge in [-0.05, 0) is 77.0 Å². The number of ether oxygens (including phenoxy) is 4. The fourth-order valence-electron chi connectivity index (χ4n) is 11.3. The number of carbonyl (C=O) groups is 1. The van der Waals surface area contributed by atoms with Gasteiger partial charge in [-0.15, -0.1) is 0 Å². The first-order valence-corrected chi connectivity index (χ1v) is 36.0. The molecule has 0 radical (unpaired) electrons. The van der Waals surface area contributed by atoms with E-state index in [1.54, 1.807) is 6.08 Å². The maximum Gasteiger partial charge on any atom is 0.220 e. The number of rotatable bonds is 58. The van der Waals surface area contributed by atoms with Gasteiger partial charge in [0.2, 0.25) is 5.91 Å². The summed E-state index contributed by atoms with van der Waals surface area (Å²) in [7, 11) is 0. The summed E-state index contributed by atoms with van der Waals surface area (Å²) in [5.41, 5.74) is 0. The molecule has 0 aromatic heterocycles. The molecule has 0 bridgehead atoms. The number of hydrogen-bond donors (Lipinski definition) is 9. The Labute approximate surface area is 541 Å². The van der Waals surface area contributed by atoms with Crippen LogP contribution in [0.25, 0.3) is 0 Å². The van der Waals surface area contributed by atoms with Crippen LogP contribution in [0, 0.1) is 0 Å². The molecule has 2 aliphatic rings. The number of carbonyl (C=O) groups excluding carboxylic acids is 1. The molecule has 89 heavy (non-hydrogen) atoms. The Hall–Kier alpha value is -3.09. The lowest BCUT2D eigenvalue weighted by Gasteiger charge is -2.46. The maximum atomic E-state index is 13.3. The second kappa shape index (κ2) is 58.7. The molecule has 0 aromatic carbocycles. The fraction of sp³-hybridized carbons (Fsp3) is 0.773. The average Bonchev–Trinajstić information content (AvgIpc) is 3.62. The van der Waals surface area contributed by atoms with E-state index in [1.165, 1.54) is 161 Å². The first-order chi connectivity index (χ1) is 43.6. The third-order valence-electron chi connectivity index (χ3n) is 17.0. The Bertz CT molecular complexity index is 1860. The van der Waals surface area contributed by atoms with Gasteiger partial charge in [-0.2, -0.15) is 0 Å². The number of aliphatic hydroxyl groups is 8. The van der Waals surface area contributed by atoms with Crippen LogP contribution in [0.4, 0.5) is 0 Å².